The van der Waals surface area contributed by atoms with Crippen LogP contribution in [0.2, 0.25) is 0 Å². The van der Waals surface area contributed by atoms with Crippen LogP contribution in [-0.2, 0) is 4.74 Å². The molecule has 1 amide bonds. The summed E-state index contributed by atoms with van der Waals surface area (Å²) in [5, 5.41) is 0. The first-order valence-electron chi connectivity index (χ1n) is 8.44. The lowest BCUT2D eigenvalue weighted by atomic mass is 10.1. The Morgan fingerprint density at radius 1 is 1.17 bits per heavy atom. The summed E-state index contributed by atoms with van der Waals surface area (Å²) in [5.41, 5.74) is 0.627. The van der Waals surface area contributed by atoms with Crippen molar-refractivity contribution in [1.82, 2.24) is 4.90 Å². The van der Waals surface area contributed by atoms with E-state index in [2.05, 4.69) is 6.92 Å². The maximum absolute atomic E-state index is 12.5. The zero-order valence-corrected chi connectivity index (χ0v) is 14.2. The van der Waals surface area contributed by atoms with E-state index in [0.717, 1.165) is 6.42 Å². The number of amides is 1. The first-order valence-corrected chi connectivity index (χ1v) is 8.44. The average molecular weight is 321 g/mol. The first-order chi connectivity index (χ1) is 11.3. The van der Waals surface area contributed by atoms with E-state index in [1.54, 1.807) is 13.2 Å². The third-order valence-corrected chi connectivity index (χ3v) is 3.96. The van der Waals surface area contributed by atoms with E-state index >= 15 is 0 Å². The molecule has 0 unspecified atom stereocenters. The smallest absolute Gasteiger partial charge is 0.254 e. The summed E-state index contributed by atoms with van der Waals surface area (Å²) in [6.45, 7) is 5.33. The molecule has 1 aliphatic rings. The molecular weight excluding hydrogens is 294 g/mol. The molecule has 1 aromatic carbocycles. The van der Waals surface area contributed by atoms with Gasteiger partial charge in [-0.1, -0.05) is 26.2 Å². The largest absolute Gasteiger partial charge is 0.493 e. The van der Waals surface area contributed by atoms with Gasteiger partial charge in [-0.15, -0.1) is 0 Å². The number of ether oxygens (including phenoxy) is 3. The Bertz CT molecular complexity index is 498. The van der Waals surface area contributed by atoms with Gasteiger partial charge >= 0.3 is 0 Å². The van der Waals surface area contributed by atoms with E-state index in [1.807, 2.05) is 17.0 Å². The Morgan fingerprint density at radius 3 is 2.65 bits per heavy atom. The van der Waals surface area contributed by atoms with E-state index in [-0.39, 0.29) is 5.91 Å². The third kappa shape index (κ3) is 5.13. The molecule has 0 bridgehead atoms. The highest BCUT2D eigenvalue weighted by Gasteiger charge is 2.19. The van der Waals surface area contributed by atoms with E-state index in [9.17, 15) is 4.79 Å². The predicted octanol–water partition coefficient (Wildman–Crippen LogP) is 3.13. The van der Waals surface area contributed by atoms with Gasteiger partial charge in [-0.2, -0.15) is 0 Å². The number of benzene rings is 1. The Hall–Kier alpha value is -1.75. The van der Waals surface area contributed by atoms with Gasteiger partial charge in [0.05, 0.1) is 26.9 Å². The van der Waals surface area contributed by atoms with Gasteiger partial charge in [0.1, 0.15) is 0 Å². The van der Waals surface area contributed by atoms with Gasteiger partial charge in [0.2, 0.25) is 0 Å². The molecule has 1 heterocycles. The van der Waals surface area contributed by atoms with Crippen LogP contribution in [0.15, 0.2) is 18.2 Å². The number of hydrogen-bond acceptors (Lipinski definition) is 4. The van der Waals surface area contributed by atoms with Gasteiger partial charge in [-0.05, 0) is 24.6 Å². The minimum absolute atomic E-state index is 0.0149. The number of hydrogen-bond donors (Lipinski definition) is 0. The molecule has 0 aliphatic carbocycles. The van der Waals surface area contributed by atoms with E-state index in [1.165, 1.54) is 19.3 Å². The summed E-state index contributed by atoms with van der Waals surface area (Å²) in [4.78, 5) is 14.3. The SMILES string of the molecule is CCCCCCOc1ccc(C(=O)N2CCOCC2)cc1OC. The van der Waals surface area contributed by atoms with Gasteiger partial charge in [0.15, 0.2) is 11.5 Å². The van der Waals surface area contributed by atoms with E-state index in [0.29, 0.717) is 50.0 Å². The van der Waals surface area contributed by atoms with Crippen molar-refractivity contribution in [2.45, 2.75) is 32.6 Å². The molecule has 1 aliphatic heterocycles. The highest BCUT2D eigenvalue weighted by Crippen LogP contribution is 2.29. The van der Waals surface area contributed by atoms with Crippen LogP contribution in [0.3, 0.4) is 0 Å². The standard InChI is InChI=1S/C18H27NO4/c1-3-4-5-6-11-23-16-8-7-15(14-17(16)21-2)18(20)19-9-12-22-13-10-19/h7-8,14H,3-6,9-13H2,1-2H3. The first kappa shape index (κ1) is 17.6. The molecular formula is C18H27NO4. The van der Waals surface area contributed by atoms with Crippen molar-refractivity contribution >= 4 is 5.91 Å². The van der Waals surface area contributed by atoms with Crippen molar-refractivity contribution in [2.24, 2.45) is 0 Å². The molecule has 5 heteroatoms. The van der Waals surface area contributed by atoms with Gasteiger partial charge in [0.25, 0.3) is 5.91 Å². The minimum Gasteiger partial charge on any atom is -0.493 e. The van der Waals surface area contributed by atoms with Crippen molar-refractivity contribution in [3.63, 3.8) is 0 Å². The molecule has 0 N–H and O–H groups in total. The zero-order chi connectivity index (χ0) is 16.5. The van der Waals surface area contributed by atoms with Crippen LogP contribution in [-0.4, -0.2) is 50.8 Å². The normalized spacial score (nSPS) is 14.6. The zero-order valence-electron chi connectivity index (χ0n) is 14.2. The van der Waals surface area contributed by atoms with Crippen LogP contribution in [0.1, 0.15) is 43.0 Å². The molecule has 128 valence electrons. The van der Waals surface area contributed by atoms with Crippen LogP contribution in [0.25, 0.3) is 0 Å². The fourth-order valence-electron chi connectivity index (χ4n) is 2.58. The van der Waals surface area contributed by atoms with E-state index < -0.39 is 0 Å². The van der Waals surface area contributed by atoms with Crippen molar-refractivity contribution < 1.29 is 19.0 Å². The number of methoxy groups -OCH3 is 1. The van der Waals surface area contributed by atoms with Crippen molar-refractivity contribution in [1.29, 1.82) is 0 Å². The highest BCUT2D eigenvalue weighted by atomic mass is 16.5. The monoisotopic (exact) mass is 321 g/mol. The molecule has 1 fully saturated rings. The molecule has 5 nitrogen and oxygen atoms in total. The Kier molecular flexibility index (Phi) is 7.20. The Morgan fingerprint density at radius 2 is 1.96 bits per heavy atom. The molecule has 1 aromatic rings. The lowest BCUT2D eigenvalue weighted by Gasteiger charge is -2.27. The maximum atomic E-state index is 12.5. The summed E-state index contributed by atoms with van der Waals surface area (Å²) in [6.07, 6.45) is 4.65. The molecule has 23 heavy (non-hydrogen) atoms. The van der Waals surface area contributed by atoms with Gasteiger partial charge < -0.3 is 19.1 Å². The topological polar surface area (TPSA) is 48.0 Å². The predicted molar refractivity (Wildman–Crippen MR) is 89.4 cm³/mol. The number of carbonyl (C=O) groups excluding carboxylic acids is 1. The van der Waals surface area contributed by atoms with Crippen molar-refractivity contribution in [3.8, 4) is 11.5 Å². The van der Waals surface area contributed by atoms with Crippen LogP contribution in [0.4, 0.5) is 0 Å². The molecule has 0 aromatic heterocycles. The van der Waals surface area contributed by atoms with Gasteiger partial charge in [-0.3, -0.25) is 4.79 Å². The van der Waals surface area contributed by atoms with Gasteiger partial charge in [0, 0.05) is 18.7 Å². The number of unbranched alkanes of at least 4 members (excludes halogenated alkanes) is 3. The number of carbonyl (C=O) groups is 1. The van der Waals surface area contributed by atoms with E-state index in [4.69, 9.17) is 14.2 Å². The molecule has 0 atom stereocenters. The number of nitrogens with zero attached hydrogens (tertiary/aromatic N) is 1. The Balaban J connectivity index is 1.96. The number of morpholine rings is 1. The van der Waals surface area contributed by atoms with Crippen LogP contribution in [0, 0.1) is 0 Å². The summed E-state index contributed by atoms with van der Waals surface area (Å²) >= 11 is 0. The molecule has 1 saturated heterocycles. The lowest BCUT2D eigenvalue weighted by molar-refractivity contribution is 0.0302. The molecule has 2 rings (SSSR count). The Labute approximate surface area is 138 Å². The fraction of sp³-hybridized carbons (Fsp3) is 0.611. The molecule has 0 saturated carbocycles. The maximum Gasteiger partial charge on any atom is 0.254 e. The molecule has 0 spiro atoms. The van der Waals surface area contributed by atoms with Crippen LogP contribution in [0.5, 0.6) is 11.5 Å². The highest BCUT2D eigenvalue weighted by molar-refractivity contribution is 5.95. The van der Waals surface area contributed by atoms with Crippen molar-refractivity contribution in [3.05, 3.63) is 23.8 Å². The minimum atomic E-state index is 0.0149. The third-order valence-electron chi connectivity index (χ3n) is 3.96. The second-order valence-corrected chi connectivity index (χ2v) is 5.68. The average Bonchev–Trinajstić information content (AvgIpc) is 2.61. The molecule has 0 radical (unpaired) electrons. The quantitative estimate of drug-likeness (QED) is 0.690. The number of rotatable bonds is 8. The van der Waals surface area contributed by atoms with Crippen molar-refractivity contribution in [2.75, 3.05) is 40.0 Å². The van der Waals surface area contributed by atoms with Gasteiger partial charge in [-0.25, -0.2) is 0 Å². The second-order valence-electron chi connectivity index (χ2n) is 5.68. The van der Waals surface area contributed by atoms with Crippen LogP contribution < -0.4 is 9.47 Å². The van der Waals surface area contributed by atoms with Crippen LogP contribution >= 0.6 is 0 Å². The summed E-state index contributed by atoms with van der Waals surface area (Å²) < 4.78 is 16.4. The summed E-state index contributed by atoms with van der Waals surface area (Å²) in [5.74, 6) is 1.32. The fourth-order valence-corrected chi connectivity index (χ4v) is 2.58. The second kappa shape index (κ2) is 9.40. The summed E-state index contributed by atoms with van der Waals surface area (Å²) in [6, 6.07) is 5.40. The summed E-state index contributed by atoms with van der Waals surface area (Å²) in [7, 11) is 1.60. The lowest BCUT2D eigenvalue weighted by Crippen LogP contribution is -2.40.